The standard InChI is InChI=1S/C136H82N2O2S2/c1-2-31-84(32-3-1)93-74-78-120(98-37-7-6-35-96(93)98)138(122-55-30-52-118-131(122)100-39-10-13-43-106(100)136(118)112-46-16-23-58-125(112)140-126-59-24-17-47-113(126)136)91-72-77-108-102(82-91)97-36-8-11-41-104(97)134(108)116-50-20-27-62-129(116)142-132-95(40-28-53-119(132)134)88-68-75-107-101(80-88)103-81-90(71-76-109(103)133(107)114-48-18-25-60-127(114)141-128-61-26-19-49-115(128)133)137(89-69-65-83(66-70-89)86-67-73-94-87(79-86)64-63-85-33-4-5-34-92(85)94)121-54-29-51-117-130(121)99-38-9-12-42-105(99)135(117)110-44-14-21-56-123(110)139-124-57-22-15-45-111(124)135/h1-82H. The number of nitrogens with zero attached hydrogens (tertiary/aromatic N) is 2. The Bertz CT molecular complexity index is 9300. The zero-order valence-electron chi connectivity index (χ0n) is 76.9. The predicted molar refractivity (Wildman–Crippen MR) is 582 cm³/mol. The van der Waals surface area contributed by atoms with Gasteiger partial charge >= 0.3 is 0 Å². The topological polar surface area (TPSA) is 24.9 Å². The SMILES string of the molecule is c1ccc(-c2ccc(N(c3ccc4c(c3)-c3ccccc3C43c4ccccc4Sc4c(-c5ccc6c(c5)-c5cc(N(c7ccc(-c8ccc9c(ccc%10ccccc%109)c8)cc7)c7cccc8c7-c7ccccc7C87c8ccccc8Oc8ccccc87)ccc5C65c6ccccc6Sc6ccccc65)cccc43)c3cccc4c3-c3ccccc3C43c4ccccc4Oc4ccccc43)c3ccccc23)cc1. The van der Waals surface area contributed by atoms with E-state index in [9.17, 15) is 0 Å². The third-order valence-corrected chi connectivity index (χ3v) is 34.7. The Kier molecular flexibility index (Phi) is 16.9. The summed E-state index contributed by atoms with van der Waals surface area (Å²) in [6, 6.07) is 189. The highest BCUT2D eigenvalue weighted by atomic mass is 32.2. The first kappa shape index (κ1) is 79.8. The van der Waals surface area contributed by atoms with Crippen LogP contribution in [-0.4, -0.2) is 0 Å². The van der Waals surface area contributed by atoms with E-state index in [1.165, 1.54) is 180 Å². The lowest BCUT2D eigenvalue weighted by atomic mass is 9.66. The average Bonchev–Trinajstić information content (AvgIpc) is 1.61. The lowest BCUT2D eigenvalue weighted by molar-refractivity contribution is 0.436. The van der Waals surface area contributed by atoms with Crippen LogP contribution in [0.1, 0.15) is 89.0 Å². The van der Waals surface area contributed by atoms with Gasteiger partial charge in [-0.3, -0.25) is 0 Å². The van der Waals surface area contributed by atoms with Gasteiger partial charge in [-0.05, 0) is 270 Å². The van der Waals surface area contributed by atoms with Gasteiger partial charge in [0.25, 0.3) is 0 Å². The van der Waals surface area contributed by atoms with Gasteiger partial charge in [0.15, 0.2) is 0 Å². The van der Waals surface area contributed by atoms with E-state index >= 15 is 0 Å². The minimum absolute atomic E-state index is 0.698. The van der Waals surface area contributed by atoms with Crippen molar-refractivity contribution < 1.29 is 9.47 Å². The quantitative estimate of drug-likeness (QED) is 0.134. The minimum atomic E-state index is -0.757. The van der Waals surface area contributed by atoms with Crippen LogP contribution in [0.25, 0.3) is 110 Å². The van der Waals surface area contributed by atoms with E-state index in [4.69, 9.17) is 9.47 Å². The van der Waals surface area contributed by atoms with Crippen LogP contribution >= 0.6 is 23.5 Å². The molecular formula is C136H82N2O2S2. The van der Waals surface area contributed by atoms with Crippen LogP contribution in [0.3, 0.4) is 0 Å². The highest BCUT2D eigenvalue weighted by Gasteiger charge is 2.57. The van der Waals surface area contributed by atoms with E-state index in [0.717, 1.165) is 95.9 Å². The maximum atomic E-state index is 6.97. The molecule has 0 aromatic heterocycles. The molecule has 1 unspecified atom stereocenters. The molecule has 660 valence electrons. The maximum absolute atomic E-state index is 6.97. The molecule has 4 aliphatic carbocycles. The second-order valence-corrected chi connectivity index (χ2v) is 40.9. The van der Waals surface area contributed by atoms with Gasteiger partial charge in [0.05, 0.1) is 38.7 Å². The molecule has 0 fully saturated rings. The van der Waals surface area contributed by atoms with Crippen molar-refractivity contribution in [2.45, 2.75) is 41.2 Å². The third kappa shape index (κ3) is 10.7. The smallest absolute Gasteiger partial charge is 0.132 e. The first-order chi connectivity index (χ1) is 70.4. The second kappa shape index (κ2) is 30.1. The highest BCUT2D eigenvalue weighted by Crippen LogP contribution is 2.71. The highest BCUT2D eigenvalue weighted by molar-refractivity contribution is 8.00. The molecule has 142 heavy (non-hydrogen) atoms. The van der Waals surface area contributed by atoms with Gasteiger partial charge in [0.1, 0.15) is 23.0 Å². The minimum Gasteiger partial charge on any atom is -0.457 e. The summed E-state index contributed by atoms with van der Waals surface area (Å²) < 4.78 is 13.9. The molecule has 0 radical (unpaired) electrons. The zero-order chi connectivity index (χ0) is 92.8. The van der Waals surface area contributed by atoms with E-state index in [0.29, 0.717) is 0 Å². The number of benzene rings is 23. The van der Waals surface area contributed by atoms with Gasteiger partial charge in [-0.15, -0.1) is 0 Å². The summed E-state index contributed by atoms with van der Waals surface area (Å²) in [6.07, 6.45) is 0. The molecule has 0 bridgehead atoms. The van der Waals surface area contributed by atoms with Crippen molar-refractivity contribution in [2.75, 3.05) is 9.80 Å². The normalized spacial score (nSPS) is 15.2. The van der Waals surface area contributed by atoms with Crippen molar-refractivity contribution in [2.24, 2.45) is 0 Å². The van der Waals surface area contributed by atoms with Crippen LogP contribution < -0.4 is 19.3 Å². The van der Waals surface area contributed by atoms with Crippen LogP contribution in [0, 0.1) is 0 Å². The van der Waals surface area contributed by atoms with Gasteiger partial charge in [-0.25, -0.2) is 0 Å². The summed E-state index contributed by atoms with van der Waals surface area (Å²) in [7, 11) is 0. The summed E-state index contributed by atoms with van der Waals surface area (Å²) in [6.45, 7) is 0. The second-order valence-electron chi connectivity index (χ2n) is 38.8. The molecule has 4 spiro atoms. The molecule has 8 aliphatic rings. The van der Waals surface area contributed by atoms with Crippen molar-refractivity contribution in [3.8, 4) is 101 Å². The molecule has 4 heterocycles. The van der Waals surface area contributed by atoms with Crippen molar-refractivity contribution >= 4 is 90.0 Å². The molecular weight excluding hydrogens is 1760 g/mol. The van der Waals surface area contributed by atoms with Crippen LogP contribution in [0.2, 0.25) is 0 Å². The Labute approximate surface area is 831 Å². The Morgan fingerprint density at radius 1 is 0.169 bits per heavy atom. The number of anilines is 6. The van der Waals surface area contributed by atoms with Crippen LogP contribution in [0.4, 0.5) is 34.1 Å². The largest absolute Gasteiger partial charge is 0.457 e. The molecule has 31 rings (SSSR count). The first-order valence-electron chi connectivity index (χ1n) is 49.1. The summed E-state index contributed by atoms with van der Waals surface area (Å²) in [5.41, 5.74) is 39.7. The Hall–Kier alpha value is -17.3. The number of hydrogen-bond donors (Lipinski definition) is 0. The van der Waals surface area contributed by atoms with E-state index in [1.54, 1.807) is 0 Å². The van der Waals surface area contributed by atoms with Crippen molar-refractivity contribution in [1.29, 1.82) is 0 Å². The fraction of sp³-hybridized carbons (Fsp3) is 0.0294. The Morgan fingerprint density at radius 2 is 0.549 bits per heavy atom. The molecule has 0 saturated heterocycles. The molecule has 4 aliphatic heterocycles. The molecule has 0 saturated carbocycles. The lowest BCUT2D eigenvalue weighted by Gasteiger charge is -2.40. The van der Waals surface area contributed by atoms with Crippen molar-refractivity contribution in [1.82, 2.24) is 0 Å². The fourth-order valence-corrected chi connectivity index (χ4v) is 29.3. The van der Waals surface area contributed by atoms with E-state index in [-0.39, 0.29) is 0 Å². The monoisotopic (exact) mass is 1840 g/mol. The predicted octanol–water partition coefficient (Wildman–Crippen LogP) is 35.7. The summed E-state index contributed by atoms with van der Waals surface area (Å²) in [5, 5.41) is 7.30. The zero-order valence-corrected chi connectivity index (χ0v) is 78.5. The number of para-hydroxylation sites is 4. The number of rotatable bonds is 9. The van der Waals surface area contributed by atoms with Gasteiger partial charge < -0.3 is 19.3 Å². The van der Waals surface area contributed by atoms with Crippen LogP contribution in [0.15, 0.2) is 517 Å². The molecule has 23 aromatic carbocycles. The molecule has 0 N–H and O–H groups in total. The van der Waals surface area contributed by atoms with Gasteiger partial charge in [0, 0.05) is 75.4 Å². The van der Waals surface area contributed by atoms with Crippen molar-refractivity contribution in [3.05, 3.63) is 586 Å². The average molecular weight is 1840 g/mol. The third-order valence-electron chi connectivity index (χ3n) is 32.3. The molecule has 23 aromatic rings. The first-order valence-corrected chi connectivity index (χ1v) is 50.8. The maximum Gasteiger partial charge on any atom is 0.132 e. The summed E-state index contributed by atoms with van der Waals surface area (Å²) in [5.74, 6) is 3.46. The van der Waals surface area contributed by atoms with E-state index < -0.39 is 21.7 Å². The number of fused-ring (bicyclic) bond motifs is 40. The Balaban J connectivity index is 0.611. The van der Waals surface area contributed by atoms with E-state index in [2.05, 4.69) is 507 Å². The van der Waals surface area contributed by atoms with Gasteiger partial charge in [0.2, 0.25) is 0 Å². The molecule has 6 heteroatoms. The summed E-state index contributed by atoms with van der Waals surface area (Å²) >= 11 is 3.81. The lowest BCUT2D eigenvalue weighted by Crippen LogP contribution is -2.32. The fourth-order valence-electron chi connectivity index (χ4n) is 26.8. The van der Waals surface area contributed by atoms with Gasteiger partial charge in [-0.2, -0.15) is 0 Å². The van der Waals surface area contributed by atoms with Gasteiger partial charge in [-0.1, -0.05) is 412 Å². The number of ether oxygens (including phenoxy) is 2. The Morgan fingerprint density at radius 3 is 1.14 bits per heavy atom. The van der Waals surface area contributed by atoms with E-state index in [1.807, 2.05) is 23.5 Å². The molecule has 1 atom stereocenters. The molecule has 4 nitrogen and oxygen atoms in total. The summed E-state index contributed by atoms with van der Waals surface area (Å²) in [4.78, 5) is 10.2. The number of hydrogen-bond acceptors (Lipinski definition) is 6. The van der Waals surface area contributed by atoms with Crippen molar-refractivity contribution in [3.63, 3.8) is 0 Å². The molecule has 0 amide bonds. The van der Waals surface area contributed by atoms with Crippen LogP contribution in [0.5, 0.6) is 23.0 Å². The van der Waals surface area contributed by atoms with Crippen LogP contribution in [-0.2, 0) is 21.7 Å².